The van der Waals surface area contributed by atoms with E-state index in [0.29, 0.717) is 18.8 Å². The van der Waals surface area contributed by atoms with Crippen molar-refractivity contribution in [3.05, 3.63) is 42.0 Å². The Morgan fingerprint density at radius 2 is 2.29 bits per heavy atom. The maximum absolute atomic E-state index is 12.3. The minimum atomic E-state index is -0.216. The fourth-order valence-electron chi connectivity index (χ4n) is 3.46. The highest BCUT2D eigenvalue weighted by Gasteiger charge is 2.31. The lowest BCUT2D eigenvalue weighted by Crippen LogP contribution is -2.52. The van der Waals surface area contributed by atoms with E-state index in [1.54, 1.807) is 18.5 Å². The number of rotatable bonds is 5. The largest absolute Gasteiger partial charge is 0.369 e. The van der Waals surface area contributed by atoms with Crippen molar-refractivity contribution in [1.82, 2.24) is 36.0 Å². The van der Waals surface area contributed by atoms with E-state index >= 15 is 0 Å². The zero-order valence-corrected chi connectivity index (χ0v) is 15.8. The van der Waals surface area contributed by atoms with Crippen LogP contribution in [0.1, 0.15) is 23.1 Å². The van der Waals surface area contributed by atoms with Crippen LogP contribution < -0.4 is 16.1 Å². The van der Waals surface area contributed by atoms with Crippen molar-refractivity contribution in [2.24, 2.45) is 12.1 Å². The predicted octanol–water partition coefficient (Wildman–Crippen LogP) is -0.339. The van der Waals surface area contributed by atoms with E-state index < -0.39 is 0 Å². The van der Waals surface area contributed by atoms with Gasteiger partial charge in [0.05, 0.1) is 24.1 Å². The van der Waals surface area contributed by atoms with Crippen molar-refractivity contribution in [3.8, 4) is 0 Å². The van der Waals surface area contributed by atoms with Gasteiger partial charge in [-0.2, -0.15) is 15.3 Å². The summed E-state index contributed by atoms with van der Waals surface area (Å²) in [6, 6.07) is 3.55. The van der Waals surface area contributed by atoms with Gasteiger partial charge in [-0.3, -0.25) is 14.6 Å². The number of ether oxygens (including phenoxy) is 1. The molecule has 2 aromatic rings. The van der Waals surface area contributed by atoms with E-state index in [4.69, 9.17) is 4.74 Å². The molecule has 2 aromatic heterocycles. The highest BCUT2D eigenvalue weighted by Crippen LogP contribution is 2.23. The zero-order valence-electron chi connectivity index (χ0n) is 15.8. The molecule has 0 aromatic carbocycles. The number of hydrazone groups is 1. The van der Waals surface area contributed by atoms with Gasteiger partial charge in [-0.1, -0.05) is 0 Å². The summed E-state index contributed by atoms with van der Waals surface area (Å²) >= 11 is 0. The third kappa shape index (κ3) is 3.69. The quantitative estimate of drug-likeness (QED) is 0.560. The number of aromatic amines is 1. The van der Waals surface area contributed by atoms with Crippen LogP contribution in [0.15, 0.2) is 35.7 Å². The molecule has 28 heavy (non-hydrogen) atoms. The molecule has 2 aliphatic rings. The molecule has 4 rings (SSSR count). The lowest BCUT2D eigenvalue weighted by Gasteiger charge is -2.33. The van der Waals surface area contributed by atoms with Crippen LogP contribution in [0.5, 0.6) is 0 Å². The van der Waals surface area contributed by atoms with Crippen LogP contribution in [0.3, 0.4) is 0 Å². The highest BCUT2D eigenvalue weighted by atomic mass is 16.5. The molecule has 0 aliphatic carbocycles. The average Bonchev–Trinajstić information content (AvgIpc) is 3.38. The normalized spacial score (nSPS) is 24.9. The summed E-state index contributed by atoms with van der Waals surface area (Å²) in [5.74, 6) is -0.216. The maximum Gasteiger partial charge on any atom is 0.269 e. The maximum atomic E-state index is 12.3. The van der Waals surface area contributed by atoms with E-state index in [1.165, 1.54) is 0 Å². The number of aryl methyl sites for hydroxylation is 1. The van der Waals surface area contributed by atoms with Crippen LogP contribution in [0.25, 0.3) is 5.57 Å². The number of nitrogens with one attached hydrogen (secondary N) is 4. The second kappa shape index (κ2) is 7.95. The first-order valence-electron chi connectivity index (χ1n) is 9.29. The van der Waals surface area contributed by atoms with Crippen molar-refractivity contribution in [3.63, 3.8) is 0 Å². The smallest absolute Gasteiger partial charge is 0.269 e. The molecule has 0 bridgehead atoms. The molecule has 3 atom stereocenters. The van der Waals surface area contributed by atoms with Gasteiger partial charge in [0, 0.05) is 44.1 Å². The van der Waals surface area contributed by atoms with Crippen molar-refractivity contribution in [1.29, 1.82) is 0 Å². The molecule has 10 nitrogen and oxygen atoms in total. The molecule has 4 heterocycles. The topological polar surface area (TPSA) is 121 Å². The average molecular weight is 384 g/mol. The SMILES string of the molecule is CC1NCCOC1C1=NNC(CNC(=O)c2ccn[nH]2)C(c2ccnn2C)=C1. The lowest BCUT2D eigenvalue weighted by molar-refractivity contribution is 0.0438. The fourth-order valence-corrected chi connectivity index (χ4v) is 3.46. The highest BCUT2D eigenvalue weighted by molar-refractivity contribution is 6.05. The molecule has 148 valence electrons. The molecule has 1 saturated heterocycles. The summed E-state index contributed by atoms with van der Waals surface area (Å²) < 4.78 is 7.74. The lowest BCUT2D eigenvalue weighted by atomic mass is 9.96. The van der Waals surface area contributed by atoms with Gasteiger partial charge in [-0.15, -0.1) is 0 Å². The molecule has 0 saturated carbocycles. The Hall–Kier alpha value is -2.98. The molecule has 1 fully saturated rings. The van der Waals surface area contributed by atoms with Crippen LogP contribution >= 0.6 is 0 Å². The third-order valence-electron chi connectivity index (χ3n) is 4.97. The Balaban J connectivity index is 1.55. The number of carbonyl (C=O) groups excluding carboxylic acids is 1. The second-order valence-corrected chi connectivity index (χ2v) is 6.87. The van der Waals surface area contributed by atoms with Crippen LogP contribution in [-0.4, -0.2) is 69.5 Å². The van der Waals surface area contributed by atoms with Crippen molar-refractivity contribution < 1.29 is 9.53 Å². The Morgan fingerprint density at radius 3 is 3.00 bits per heavy atom. The molecule has 0 spiro atoms. The van der Waals surface area contributed by atoms with Crippen molar-refractivity contribution in [2.75, 3.05) is 19.7 Å². The summed E-state index contributed by atoms with van der Waals surface area (Å²) in [7, 11) is 1.89. The Morgan fingerprint density at radius 1 is 1.39 bits per heavy atom. The number of nitrogens with zero attached hydrogens (tertiary/aromatic N) is 4. The minimum Gasteiger partial charge on any atom is -0.369 e. The van der Waals surface area contributed by atoms with Gasteiger partial charge < -0.3 is 20.8 Å². The van der Waals surface area contributed by atoms with Crippen molar-refractivity contribution in [2.45, 2.75) is 25.1 Å². The van der Waals surface area contributed by atoms with Crippen LogP contribution in [0.2, 0.25) is 0 Å². The summed E-state index contributed by atoms with van der Waals surface area (Å²) in [6.07, 6.45) is 5.20. The van der Waals surface area contributed by atoms with Gasteiger partial charge in [0.1, 0.15) is 11.8 Å². The molecule has 2 aliphatic heterocycles. The first-order chi connectivity index (χ1) is 13.6. The summed E-state index contributed by atoms with van der Waals surface area (Å²) in [5.41, 5.74) is 6.38. The van der Waals surface area contributed by atoms with Gasteiger partial charge in [0.2, 0.25) is 0 Å². The van der Waals surface area contributed by atoms with Gasteiger partial charge in [-0.05, 0) is 25.1 Å². The second-order valence-electron chi connectivity index (χ2n) is 6.87. The van der Waals surface area contributed by atoms with E-state index in [1.807, 2.05) is 23.9 Å². The van der Waals surface area contributed by atoms with Crippen LogP contribution in [-0.2, 0) is 11.8 Å². The molecule has 4 N–H and O–H groups in total. The Labute approximate surface area is 162 Å². The van der Waals surface area contributed by atoms with E-state index in [0.717, 1.165) is 23.5 Å². The number of morpholine rings is 1. The molecular weight excluding hydrogens is 360 g/mol. The number of hydrogen-bond acceptors (Lipinski definition) is 7. The summed E-state index contributed by atoms with van der Waals surface area (Å²) in [6.45, 7) is 3.93. The number of hydrogen-bond donors (Lipinski definition) is 4. The van der Waals surface area contributed by atoms with Crippen molar-refractivity contribution >= 4 is 17.2 Å². The van der Waals surface area contributed by atoms with E-state index in [9.17, 15) is 4.79 Å². The number of H-pyrrole nitrogens is 1. The van der Waals surface area contributed by atoms with Gasteiger partial charge in [0.15, 0.2) is 0 Å². The third-order valence-corrected chi connectivity index (χ3v) is 4.97. The first kappa shape index (κ1) is 18.4. The standard InChI is InChI=1S/C18H24N8O2/c1-11-17(28-8-7-19-11)14-9-12(16-4-6-22-26(16)2)15(25-24-14)10-20-18(27)13-3-5-21-23-13/h3-6,9,11,15,17,19,25H,7-8,10H2,1-2H3,(H,20,27)(H,21,23). The number of amides is 1. The minimum absolute atomic E-state index is 0.134. The van der Waals surface area contributed by atoms with Crippen LogP contribution in [0, 0.1) is 0 Å². The first-order valence-corrected chi connectivity index (χ1v) is 9.29. The van der Waals surface area contributed by atoms with Crippen LogP contribution in [0.4, 0.5) is 0 Å². The van der Waals surface area contributed by atoms with E-state index in [2.05, 4.69) is 43.4 Å². The monoisotopic (exact) mass is 384 g/mol. The van der Waals surface area contributed by atoms with Gasteiger partial charge in [-0.25, -0.2) is 0 Å². The van der Waals surface area contributed by atoms with E-state index in [-0.39, 0.29) is 24.1 Å². The molecule has 3 unspecified atom stereocenters. The fraction of sp³-hybridized carbons (Fsp3) is 0.444. The van der Waals surface area contributed by atoms with Gasteiger partial charge >= 0.3 is 0 Å². The molecule has 0 radical (unpaired) electrons. The molecule has 1 amide bonds. The Kier molecular flexibility index (Phi) is 5.22. The summed E-state index contributed by atoms with van der Waals surface area (Å²) in [5, 5.41) is 21.6. The molecule has 10 heteroatoms. The predicted molar refractivity (Wildman–Crippen MR) is 104 cm³/mol. The number of carbonyl (C=O) groups is 1. The van der Waals surface area contributed by atoms with Gasteiger partial charge in [0.25, 0.3) is 5.91 Å². The Bertz CT molecular complexity index is 885. The molecular formula is C18H24N8O2. The summed E-state index contributed by atoms with van der Waals surface area (Å²) in [4.78, 5) is 12.3. The number of aromatic nitrogens is 4. The zero-order chi connectivity index (χ0) is 19.5.